The fraction of sp³-hybridized carbons (Fsp3) is 0.130. The van der Waals surface area contributed by atoms with E-state index in [1.165, 1.54) is 37.3 Å². The molecule has 0 aliphatic heterocycles. The Labute approximate surface area is 183 Å². The number of esters is 1. The number of anilines is 2. The standard InChI is InChI=1S/C23H20N2O5S/c1-14(21(27)16-5-9-18(10-6-16)24-15(2)26)30-23(29)17-7-11-19(12-8-17)25-22(28)20-4-3-13-31-20/h3-14H,1-2H3,(H,24,26)(H,25,28). The van der Waals surface area contributed by atoms with Crippen molar-refractivity contribution in [3.63, 3.8) is 0 Å². The number of hydrogen-bond donors (Lipinski definition) is 2. The number of carbonyl (C=O) groups excluding carboxylic acids is 4. The molecule has 2 amide bonds. The Balaban J connectivity index is 1.58. The van der Waals surface area contributed by atoms with Crippen LogP contribution in [0.1, 0.15) is 44.2 Å². The maximum absolute atomic E-state index is 12.5. The van der Waals surface area contributed by atoms with Crippen LogP contribution in [0.3, 0.4) is 0 Å². The van der Waals surface area contributed by atoms with Crippen LogP contribution < -0.4 is 10.6 Å². The molecule has 0 aliphatic carbocycles. The molecule has 2 aromatic carbocycles. The predicted octanol–water partition coefficient (Wildman–Crippen LogP) is 4.39. The summed E-state index contributed by atoms with van der Waals surface area (Å²) >= 11 is 1.33. The summed E-state index contributed by atoms with van der Waals surface area (Å²) in [6.45, 7) is 2.89. The largest absolute Gasteiger partial charge is 0.451 e. The second-order valence-corrected chi connectivity index (χ2v) is 7.63. The van der Waals surface area contributed by atoms with Crippen LogP contribution in [0.4, 0.5) is 11.4 Å². The van der Waals surface area contributed by atoms with E-state index in [9.17, 15) is 19.2 Å². The van der Waals surface area contributed by atoms with Crippen molar-refractivity contribution < 1.29 is 23.9 Å². The SMILES string of the molecule is CC(=O)Nc1ccc(C(=O)C(C)OC(=O)c2ccc(NC(=O)c3cccs3)cc2)cc1. The molecule has 0 saturated heterocycles. The Hall–Kier alpha value is -3.78. The number of thiophene rings is 1. The Kier molecular flexibility index (Phi) is 6.94. The third kappa shape index (κ3) is 5.86. The lowest BCUT2D eigenvalue weighted by Crippen LogP contribution is -2.24. The number of benzene rings is 2. The molecule has 0 saturated carbocycles. The van der Waals surface area contributed by atoms with Crippen molar-refractivity contribution in [2.45, 2.75) is 20.0 Å². The number of carbonyl (C=O) groups is 4. The van der Waals surface area contributed by atoms with E-state index in [4.69, 9.17) is 4.74 Å². The third-order valence-corrected chi connectivity index (χ3v) is 5.13. The van der Waals surface area contributed by atoms with Crippen molar-refractivity contribution in [3.8, 4) is 0 Å². The van der Waals surface area contributed by atoms with Crippen LogP contribution in [-0.4, -0.2) is 29.7 Å². The van der Waals surface area contributed by atoms with Gasteiger partial charge in [-0.05, 0) is 66.9 Å². The summed E-state index contributed by atoms with van der Waals surface area (Å²) in [6, 6.07) is 16.1. The first-order chi connectivity index (χ1) is 14.8. The molecule has 0 radical (unpaired) electrons. The highest BCUT2D eigenvalue weighted by atomic mass is 32.1. The second kappa shape index (κ2) is 9.82. The monoisotopic (exact) mass is 436 g/mol. The van der Waals surface area contributed by atoms with Gasteiger partial charge in [-0.2, -0.15) is 0 Å². The summed E-state index contributed by atoms with van der Waals surface area (Å²) < 4.78 is 5.28. The van der Waals surface area contributed by atoms with Crippen LogP contribution in [0.25, 0.3) is 0 Å². The van der Waals surface area contributed by atoms with E-state index in [-0.39, 0.29) is 23.2 Å². The summed E-state index contributed by atoms with van der Waals surface area (Å²) in [5.41, 5.74) is 1.73. The van der Waals surface area contributed by atoms with Crippen molar-refractivity contribution in [2.75, 3.05) is 10.6 Å². The number of Topliss-reactive ketones (excluding diaryl/α,β-unsaturated/α-hetero) is 1. The molecule has 0 fully saturated rings. The average molecular weight is 436 g/mol. The van der Waals surface area contributed by atoms with Gasteiger partial charge in [0.15, 0.2) is 6.10 Å². The van der Waals surface area contributed by atoms with Crippen molar-refractivity contribution in [3.05, 3.63) is 82.0 Å². The van der Waals surface area contributed by atoms with Crippen LogP contribution in [0.15, 0.2) is 66.0 Å². The first-order valence-corrected chi connectivity index (χ1v) is 10.3. The van der Waals surface area contributed by atoms with Gasteiger partial charge in [-0.25, -0.2) is 4.79 Å². The fourth-order valence-corrected chi connectivity index (χ4v) is 3.35. The molecule has 31 heavy (non-hydrogen) atoms. The van der Waals surface area contributed by atoms with E-state index in [1.807, 2.05) is 5.38 Å². The van der Waals surface area contributed by atoms with E-state index in [1.54, 1.807) is 48.5 Å². The fourth-order valence-electron chi connectivity index (χ4n) is 2.73. The molecule has 3 aromatic rings. The number of hydrogen-bond acceptors (Lipinski definition) is 6. The number of ether oxygens (including phenoxy) is 1. The van der Waals surface area contributed by atoms with Gasteiger partial charge in [0.25, 0.3) is 5.91 Å². The van der Waals surface area contributed by atoms with E-state index in [0.717, 1.165) is 0 Å². The van der Waals surface area contributed by atoms with Crippen molar-refractivity contribution in [2.24, 2.45) is 0 Å². The van der Waals surface area contributed by atoms with Crippen LogP contribution in [0.2, 0.25) is 0 Å². The molecule has 1 atom stereocenters. The van der Waals surface area contributed by atoms with Gasteiger partial charge in [-0.15, -0.1) is 11.3 Å². The van der Waals surface area contributed by atoms with Gasteiger partial charge < -0.3 is 15.4 Å². The number of amides is 2. The second-order valence-electron chi connectivity index (χ2n) is 6.68. The molecule has 0 aliphatic rings. The summed E-state index contributed by atoms with van der Waals surface area (Å²) in [6.07, 6.45) is -0.989. The highest BCUT2D eigenvalue weighted by Gasteiger charge is 2.20. The zero-order chi connectivity index (χ0) is 22.4. The highest BCUT2D eigenvalue weighted by molar-refractivity contribution is 7.12. The minimum absolute atomic E-state index is 0.210. The molecule has 2 N–H and O–H groups in total. The van der Waals surface area contributed by atoms with Crippen LogP contribution in [-0.2, 0) is 9.53 Å². The first kappa shape index (κ1) is 21.9. The number of rotatable bonds is 7. The van der Waals surface area contributed by atoms with E-state index >= 15 is 0 Å². The topological polar surface area (TPSA) is 102 Å². The molecule has 3 rings (SSSR count). The molecule has 7 nitrogen and oxygen atoms in total. The molecule has 0 bridgehead atoms. The van der Waals surface area contributed by atoms with Gasteiger partial charge in [0.1, 0.15) is 0 Å². The quantitative estimate of drug-likeness (QED) is 0.423. The molecule has 8 heteroatoms. The lowest BCUT2D eigenvalue weighted by atomic mass is 10.1. The Morgan fingerprint density at radius 1 is 0.839 bits per heavy atom. The number of nitrogens with one attached hydrogen (secondary N) is 2. The highest BCUT2D eigenvalue weighted by Crippen LogP contribution is 2.17. The summed E-state index contributed by atoms with van der Waals surface area (Å²) in [5, 5.41) is 7.18. The summed E-state index contributed by atoms with van der Waals surface area (Å²) in [5.74, 6) is -1.44. The van der Waals surface area contributed by atoms with Crippen LogP contribution in [0.5, 0.6) is 0 Å². The Morgan fingerprint density at radius 3 is 1.97 bits per heavy atom. The lowest BCUT2D eigenvalue weighted by molar-refractivity contribution is -0.114. The molecule has 1 heterocycles. The molecular formula is C23H20N2O5S. The first-order valence-electron chi connectivity index (χ1n) is 9.41. The van der Waals surface area contributed by atoms with Crippen LogP contribution in [0, 0.1) is 0 Å². The van der Waals surface area contributed by atoms with E-state index in [2.05, 4.69) is 10.6 Å². The summed E-state index contributed by atoms with van der Waals surface area (Å²) in [4.78, 5) is 48.6. The van der Waals surface area contributed by atoms with Gasteiger partial charge in [0.2, 0.25) is 11.7 Å². The average Bonchev–Trinajstić information content (AvgIpc) is 3.29. The van der Waals surface area contributed by atoms with E-state index in [0.29, 0.717) is 21.8 Å². The molecule has 158 valence electrons. The van der Waals surface area contributed by atoms with Crippen molar-refractivity contribution >= 4 is 46.3 Å². The predicted molar refractivity (Wildman–Crippen MR) is 119 cm³/mol. The van der Waals surface area contributed by atoms with Gasteiger partial charge in [0.05, 0.1) is 10.4 Å². The van der Waals surface area contributed by atoms with E-state index < -0.39 is 12.1 Å². The Bertz CT molecular complexity index is 1090. The third-order valence-electron chi connectivity index (χ3n) is 4.27. The maximum atomic E-state index is 12.5. The normalized spacial score (nSPS) is 11.3. The smallest absolute Gasteiger partial charge is 0.338 e. The minimum atomic E-state index is -0.989. The van der Waals surface area contributed by atoms with Crippen molar-refractivity contribution in [1.29, 1.82) is 0 Å². The van der Waals surface area contributed by atoms with Gasteiger partial charge in [-0.1, -0.05) is 6.07 Å². The molecule has 0 spiro atoms. The maximum Gasteiger partial charge on any atom is 0.338 e. The zero-order valence-corrected chi connectivity index (χ0v) is 17.7. The zero-order valence-electron chi connectivity index (χ0n) is 16.9. The van der Waals surface area contributed by atoms with Gasteiger partial charge in [0, 0.05) is 23.9 Å². The minimum Gasteiger partial charge on any atom is -0.451 e. The summed E-state index contributed by atoms with van der Waals surface area (Å²) in [7, 11) is 0. The molecule has 1 unspecified atom stereocenters. The van der Waals surface area contributed by atoms with Gasteiger partial charge in [-0.3, -0.25) is 14.4 Å². The number of ketones is 1. The molecule has 1 aromatic heterocycles. The van der Waals surface area contributed by atoms with Crippen LogP contribution >= 0.6 is 11.3 Å². The van der Waals surface area contributed by atoms with Crippen molar-refractivity contribution in [1.82, 2.24) is 0 Å². The molecular weight excluding hydrogens is 416 g/mol. The van der Waals surface area contributed by atoms with Gasteiger partial charge >= 0.3 is 5.97 Å². The Morgan fingerprint density at radius 2 is 1.42 bits per heavy atom. The lowest BCUT2D eigenvalue weighted by Gasteiger charge is -2.13.